The van der Waals surface area contributed by atoms with Crippen LogP contribution in [0.3, 0.4) is 0 Å². The highest BCUT2D eigenvalue weighted by atomic mass is 35.8. The van der Waals surface area contributed by atoms with Gasteiger partial charge in [-0.1, -0.05) is 23.7 Å². The van der Waals surface area contributed by atoms with Crippen molar-refractivity contribution in [2.24, 2.45) is 0 Å². The Hall–Kier alpha value is 0.887. The summed E-state index contributed by atoms with van der Waals surface area (Å²) in [6.07, 6.45) is 1.47. The number of halogens is 5. The highest BCUT2D eigenvalue weighted by molar-refractivity contribution is 7.69. The van der Waals surface area contributed by atoms with Crippen molar-refractivity contribution in [3.63, 3.8) is 0 Å². The van der Waals surface area contributed by atoms with Crippen LogP contribution in [0.4, 0.5) is 0 Å². The maximum Gasteiger partial charge on any atom is 0.372 e. The van der Waals surface area contributed by atoms with Crippen LogP contribution >= 0.6 is 56.4 Å². The van der Waals surface area contributed by atoms with Crippen LogP contribution in [-0.2, 0) is 0 Å². The van der Waals surface area contributed by atoms with Gasteiger partial charge in [-0.05, 0) is 17.3 Å². The van der Waals surface area contributed by atoms with E-state index in [1.54, 1.807) is 24.3 Å². The van der Waals surface area contributed by atoms with E-state index in [4.69, 9.17) is 44.8 Å². The molecule has 1 aromatic rings. The van der Waals surface area contributed by atoms with Gasteiger partial charge in [0.2, 0.25) is 0 Å². The Kier molecular flexibility index (Phi) is 6.82. The van der Waals surface area contributed by atoms with Crippen molar-refractivity contribution in [1.29, 1.82) is 0 Å². The maximum absolute atomic E-state index is 5.74. The molecule has 0 aliphatic carbocycles. The number of rotatable bonds is 1. The summed E-state index contributed by atoms with van der Waals surface area (Å²) in [5.74, 6) is 0. The topological polar surface area (TPSA) is 0 Å². The van der Waals surface area contributed by atoms with Gasteiger partial charge >= 0.3 is 6.00 Å². The molecular formula is C7H7Cl5Si. The monoisotopic (exact) mass is 294 g/mol. The van der Waals surface area contributed by atoms with Crippen molar-refractivity contribution in [3.05, 3.63) is 29.3 Å². The van der Waals surface area contributed by atoms with Gasteiger partial charge in [0.1, 0.15) is 0 Å². The van der Waals surface area contributed by atoms with Crippen molar-refractivity contribution >= 4 is 67.6 Å². The molecule has 0 unspecified atom stereocenters. The molecule has 0 bridgehead atoms. The average molecular weight is 296 g/mol. The number of hydrogen-bond acceptors (Lipinski definition) is 0. The molecule has 0 amide bonds. The quantitative estimate of drug-likeness (QED) is 0.416. The van der Waals surface area contributed by atoms with Crippen LogP contribution in [0.1, 0.15) is 0 Å². The highest BCUT2D eigenvalue weighted by Crippen LogP contribution is 2.20. The Morgan fingerprint density at radius 2 is 1.31 bits per heavy atom. The average Bonchev–Trinajstić information content (AvgIpc) is 2.07. The number of hydrogen-bond donors (Lipinski definition) is 0. The van der Waals surface area contributed by atoms with Gasteiger partial charge in [0.25, 0.3) is 0 Å². The molecule has 0 aliphatic heterocycles. The van der Waals surface area contributed by atoms with Crippen LogP contribution in [0.5, 0.6) is 0 Å². The summed E-state index contributed by atoms with van der Waals surface area (Å²) in [4.78, 5) is 0. The molecule has 0 N–H and O–H groups in total. The first-order chi connectivity index (χ1) is 6.00. The van der Waals surface area contributed by atoms with E-state index in [0.717, 1.165) is 5.19 Å². The van der Waals surface area contributed by atoms with Crippen LogP contribution < -0.4 is 5.19 Å². The predicted octanol–water partition coefficient (Wildman–Crippen LogP) is 4.06. The molecule has 13 heavy (non-hydrogen) atoms. The molecule has 1 aromatic carbocycles. The fourth-order valence-electron chi connectivity index (χ4n) is 0.639. The van der Waals surface area contributed by atoms with E-state index in [2.05, 4.69) is 11.6 Å². The van der Waals surface area contributed by atoms with Crippen LogP contribution in [0.2, 0.25) is 5.02 Å². The Morgan fingerprint density at radius 3 is 1.62 bits per heavy atom. The van der Waals surface area contributed by atoms with E-state index < -0.39 is 6.00 Å². The third kappa shape index (κ3) is 5.36. The van der Waals surface area contributed by atoms with Crippen molar-refractivity contribution in [3.8, 4) is 0 Å². The van der Waals surface area contributed by atoms with Crippen molar-refractivity contribution in [2.75, 3.05) is 6.38 Å². The molecule has 0 spiro atoms. The van der Waals surface area contributed by atoms with E-state index in [1.807, 2.05) is 0 Å². The Bertz CT molecular complexity index is 240. The van der Waals surface area contributed by atoms with Gasteiger partial charge in [-0.25, -0.2) is 0 Å². The molecule has 0 aliphatic rings. The predicted molar refractivity (Wildman–Crippen MR) is 66.2 cm³/mol. The largest absolute Gasteiger partial charge is 0.372 e. The minimum atomic E-state index is -2.70. The lowest BCUT2D eigenvalue weighted by Crippen LogP contribution is -2.29. The van der Waals surface area contributed by atoms with Crippen LogP contribution in [0.25, 0.3) is 0 Å². The standard InChI is InChI=1S/C6H4Cl4Si.CH3Cl/c7-5-1-3-6(4-2-5)11(8,9)10;1-2/h1-4H;1H3. The minimum Gasteiger partial charge on any atom is -0.130 e. The normalized spacial score (nSPS) is 10.3. The van der Waals surface area contributed by atoms with Gasteiger partial charge in [-0.3, -0.25) is 0 Å². The molecule has 0 atom stereocenters. The van der Waals surface area contributed by atoms with Crippen molar-refractivity contribution in [2.45, 2.75) is 0 Å². The second-order valence-electron chi connectivity index (χ2n) is 2.00. The third-order valence-corrected chi connectivity index (χ3v) is 4.38. The number of alkyl halides is 1. The summed E-state index contributed by atoms with van der Waals surface area (Å²) in [7, 11) is 0. The maximum atomic E-state index is 5.74. The van der Waals surface area contributed by atoms with Gasteiger partial charge in [0.05, 0.1) is 0 Å². The minimum absolute atomic E-state index is 0.650. The van der Waals surface area contributed by atoms with E-state index in [0.29, 0.717) is 5.02 Å². The first kappa shape index (κ1) is 13.9. The van der Waals surface area contributed by atoms with Gasteiger partial charge < -0.3 is 0 Å². The van der Waals surface area contributed by atoms with Crippen LogP contribution in [0, 0.1) is 0 Å². The zero-order valence-corrected chi connectivity index (χ0v) is 11.5. The van der Waals surface area contributed by atoms with E-state index >= 15 is 0 Å². The zero-order chi connectivity index (χ0) is 10.5. The van der Waals surface area contributed by atoms with E-state index in [1.165, 1.54) is 6.38 Å². The summed E-state index contributed by atoms with van der Waals surface area (Å²) < 4.78 is 0. The lowest BCUT2D eigenvalue weighted by Gasteiger charge is -2.06. The van der Waals surface area contributed by atoms with E-state index in [9.17, 15) is 0 Å². The molecule has 6 heteroatoms. The molecular weight excluding hydrogens is 289 g/mol. The first-order valence-electron chi connectivity index (χ1n) is 3.21. The Labute approximate surface area is 103 Å². The second-order valence-corrected chi connectivity index (χ2v) is 10.9. The molecule has 0 nitrogen and oxygen atoms in total. The van der Waals surface area contributed by atoms with E-state index in [-0.39, 0.29) is 0 Å². The van der Waals surface area contributed by atoms with Crippen LogP contribution in [-0.4, -0.2) is 12.4 Å². The Balaban J connectivity index is 0.000000671. The fourth-order valence-corrected chi connectivity index (χ4v) is 2.44. The van der Waals surface area contributed by atoms with Gasteiger partial charge in [-0.2, -0.15) is 0 Å². The summed E-state index contributed by atoms with van der Waals surface area (Å²) in [5, 5.41) is 1.41. The first-order valence-corrected chi connectivity index (χ1v) is 9.37. The molecule has 0 fully saturated rings. The Morgan fingerprint density at radius 1 is 0.923 bits per heavy atom. The molecule has 1 rings (SSSR count). The second kappa shape index (κ2) is 6.39. The summed E-state index contributed by atoms with van der Waals surface area (Å²) in [6, 6.07) is 4.21. The van der Waals surface area contributed by atoms with Crippen LogP contribution in [0.15, 0.2) is 24.3 Å². The fraction of sp³-hybridized carbons (Fsp3) is 0.143. The lowest BCUT2D eigenvalue weighted by atomic mass is 10.4. The highest BCUT2D eigenvalue weighted by Gasteiger charge is 2.27. The molecule has 74 valence electrons. The smallest absolute Gasteiger partial charge is 0.130 e. The molecule has 0 radical (unpaired) electrons. The lowest BCUT2D eigenvalue weighted by molar-refractivity contribution is 1.76. The van der Waals surface area contributed by atoms with Crippen molar-refractivity contribution < 1.29 is 0 Å². The summed E-state index contributed by atoms with van der Waals surface area (Å²) >= 11 is 27.5. The van der Waals surface area contributed by atoms with Gasteiger partial charge in [0, 0.05) is 11.4 Å². The van der Waals surface area contributed by atoms with Gasteiger partial charge in [0.15, 0.2) is 0 Å². The third-order valence-electron chi connectivity index (χ3n) is 1.17. The summed E-state index contributed by atoms with van der Waals surface area (Å²) in [6.45, 7) is 0. The van der Waals surface area contributed by atoms with Crippen molar-refractivity contribution in [1.82, 2.24) is 0 Å². The molecule has 0 aromatic heterocycles. The molecule has 0 heterocycles. The zero-order valence-electron chi connectivity index (χ0n) is 6.70. The SMILES string of the molecule is CCl.Clc1ccc([Si](Cl)(Cl)Cl)cc1. The molecule has 0 saturated carbocycles. The van der Waals surface area contributed by atoms with Gasteiger partial charge in [-0.15, -0.1) is 44.8 Å². The number of benzene rings is 1. The summed E-state index contributed by atoms with van der Waals surface area (Å²) in [5.41, 5.74) is 0. The molecule has 0 saturated heterocycles.